The molecular weight excluding hydrogens is 236 g/mol. The number of benzene rings is 2. The smallest absolute Gasteiger partial charge is 0.239 e. The van der Waals surface area contributed by atoms with Gasteiger partial charge in [0.15, 0.2) is 0 Å². The summed E-state index contributed by atoms with van der Waals surface area (Å²) < 4.78 is 0. The second-order valence-corrected chi connectivity index (χ2v) is 4.44. The molecule has 0 fully saturated rings. The normalized spacial score (nSPS) is 12.0. The van der Waals surface area contributed by atoms with Gasteiger partial charge in [-0.3, -0.25) is 4.79 Å². The number of amides is 1. The van der Waals surface area contributed by atoms with E-state index in [1.807, 2.05) is 48.5 Å². The van der Waals surface area contributed by atoms with E-state index in [0.29, 0.717) is 6.54 Å². The molecule has 19 heavy (non-hydrogen) atoms. The quantitative estimate of drug-likeness (QED) is 0.829. The summed E-state index contributed by atoms with van der Waals surface area (Å²) in [6.45, 7) is 0.715. The molecule has 98 valence electrons. The third-order valence-electron chi connectivity index (χ3n) is 3.02. The molecule has 0 unspecified atom stereocenters. The van der Waals surface area contributed by atoms with Crippen molar-refractivity contribution in [1.82, 2.24) is 5.32 Å². The van der Waals surface area contributed by atoms with Crippen LogP contribution in [-0.4, -0.2) is 12.5 Å². The Hall–Kier alpha value is -2.13. The monoisotopic (exact) mass is 254 g/mol. The van der Waals surface area contributed by atoms with E-state index in [1.54, 1.807) is 0 Å². The van der Waals surface area contributed by atoms with Gasteiger partial charge in [-0.2, -0.15) is 0 Å². The largest absolute Gasteiger partial charge is 0.368 e. The van der Waals surface area contributed by atoms with Gasteiger partial charge in [0.25, 0.3) is 0 Å². The van der Waals surface area contributed by atoms with Crippen LogP contribution >= 0.6 is 0 Å². The summed E-state index contributed by atoms with van der Waals surface area (Å²) in [4.78, 5) is 11.5. The number of hydrogen-bond donors (Lipinski definition) is 2. The summed E-state index contributed by atoms with van der Waals surface area (Å²) in [5, 5.41) is 3.21. The van der Waals surface area contributed by atoms with E-state index < -0.39 is 6.04 Å². The number of nitrogens with one attached hydrogen (secondary N) is 1. The maximum absolute atomic E-state index is 11.5. The minimum atomic E-state index is -0.426. The molecule has 0 spiro atoms. The number of carbonyl (C=O) groups is 1. The fraction of sp³-hybridized carbons (Fsp3) is 0.188. The van der Waals surface area contributed by atoms with Crippen LogP contribution in [0.25, 0.3) is 0 Å². The van der Waals surface area contributed by atoms with Crippen LogP contribution in [0, 0.1) is 0 Å². The highest BCUT2D eigenvalue weighted by atomic mass is 16.1. The zero-order chi connectivity index (χ0) is 13.5. The summed E-state index contributed by atoms with van der Waals surface area (Å²) >= 11 is 0. The van der Waals surface area contributed by atoms with Crippen LogP contribution in [0.4, 0.5) is 0 Å². The van der Waals surface area contributed by atoms with Crippen molar-refractivity contribution >= 4 is 5.91 Å². The van der Waals surface area contributed by atoms with Crippen molar-refractivity contribution in [3.63, 3.8) is 0 Å². The molecule has 0 aliphatic carbocycles. The molecule has 1 atom stereocenters. The zero-order valence-electron chi connectivity index (χ0n) is 10.8. The third kappa shape index (κ3) is 3.93. The fourth-order valence-electron chi connectivity index (χ4n) is 2.03. The Balaban J connectivity index is 1.94. The maximum Gasteiger partial charge on any atom is 0.239 e. The van der Waals surface area contributed by atoms with Crippen LogP contribution in [0.5, 0.6) is 0 Å². The Kier molecular flexibility index (Phi) is 4.70. The standard InChI is InChI=1S/C16H18N2O/c17-16(19)15(14-9-5-2-6-10-14)18-12-11-13-7-3-1-4-8-13/h1-10,15,18H,11-12H2,(H2,17,19)/t15-/m1/s1. The molecule has 0 aromatic heterocycles. The van der Waals surface area contributed by atoms with Crippen molar-refractivity contribution in [2.24, 2.45) is 5.73 Å². The van der Waals surface area contributed by atoms with Crippen LogP contribution in [0.3, 0.4) is 0 Å². The van der Waals surface area contributed by atoms with Gasteiger partial charge in [-0.25, -0.2) is 0 Å². The molecule has 3 nitrogen and oxygen atoms in total. The minimum Gasteiger partial charge on any atom is -0.368 e. The molecule has 0 radical (unpaired) electrons. The second-order valence-electron chi connectivity index (χ2n) is 4.44. The van der Waals surface area contributed by atoms with Crippen molar-refractivity contribution in [2.45, 2.75) is 12.5 Å². The van der Waals surface area contributed by atoms with Crippen LogP contribution < -0.4 is 11.1 Å². The van der Waals surface area contributed by atoms with E-state index in [1.165, 1.54) is 5.56 Å². The summed E-state index contributed by atoms with van der Waals surface area (Å²) in [6, 6.07) is 19.3. The third-order valence-corrected chi connectivity index (χ3v) is 3.02. The lowest BCUT2D eigenvalue weighted by atomic mass is 10.1. The van der Waals surface area contributed by atoms with E-state index in [4.69, 9.17) is 5.73 Å². The lowest BCUT2D eigenvalue weighted by Gasteiger charge is -2.15. The highest BCUT2D eigenvalue weighted by Gasteiger charge is 2.15. The Bertz CT molecular complexity index is 511. The molecule has 0 saturated carbocycles. The molecule has 2 aromatic carbocycles. The van der Waals surface area contributed by atoms with Crippen molar-refractivity contribution in [3.05, 3.63) is 71.8 Å². The van der Waals surface area contributed by atoms with Gasteiger partial charge in [-0.1, -0.05) is 60.7 Å². The maximum atomic E-state index is 11.5. The van der Waals surface area contributed by atoms with Gasteiger partial charge in [0.1, 0.15) is 6.04 Å². The van der Waals surface area contributed by atoms with Crippen molar-refractivity contribution < 1.29 is 4.79 Å². The molecule has 0 saturated heterocycles. The number of carbonyl (C=O) groups excluding carboxylic acids is 1. The van der Waals surface area contributed by atoms with Crippen LogP contribution in [0.15, 0.2) is 60.7 Å². The van der Waals surface area contributed by atoms with E-state index in [9.17, 15) is 4.79 Å². The molecule has 0 bridgehead atoms. The molecule has 3 heteroatoms. The summed E-state index contributed by atoms with van der Waals surface area (Å²) in [7, 11) is 0. The van der Waals surface area contributed by atoms with Gasteiger partial charge in [-0.15, -0.1) is 0 Å². The predicted octanol–water partition coefficient (Wildman–Crippen LogP) is 2.05. The summed E-state index contributed by atoms with van der Waals surface area (Å²) in [5.74, 6) is -0.348. The Labute approximate surface area is 113 Å². The summed E-state index contributed by atoms with van der Waals surface area (Å²) in [6.07, 6.45) is 0.872. The second kappa shape index (κ2) is 6.71. The SMILES string of the molecule is NC(=O)[C@H](NCCc1ccccc1)c1ccccc1. The first-order valence-electron chi connectivity index (χ1n) is 6.39. The molecule has 2 rings (SSSR count). The van der Waals surface area contributed by atoms with Crippen LogP contribution in [0.1, 0.15) is 17.2 Å². The minimum absolute atomic E-state index is 0.348. The summed E-state index contributed by atoms with van der Waals surface area (Å²) in [5.41, 5.74) is 7.59. The first kappa shape index (κ1) is 13.3. The molecule has 0 aliphatic heterocycles. The van der Waals surface area contributed by atoms with E-state index in [0.717, 1.165) is 12.0 Å². The van der Waals surface area contributed by atoms with Crippen LogP contribution in [-0.2, 0) is 11.2 Å². The van der Waals surface area contributed by atoms with E-state index in [-0.39, 0.29) is 5.91 Å². The Morgan fingerprint density at radius 1 is 1.00 bits per heavy atom. The first-order valence-corrected chi connectivity index (χ1v) is 6.39. The highest BCUT2D eigenvalue weighted by molar-refractivity contribution is 5.81. The molecule has 3 N–H and O–H groups in total. The fourth-order valence-corrected chi connectivity index (χ4v) is 2.03. The van der Waals surface area contributed by atoms with Gasteiger partial charge in [0, 0.05) is 6.54 Å². The lowest BCUT2D eigenvalue weighted by Crippen LogP contribution is -2.34. The van der Waals surface area contributed by atoms with Crippen LogP contribution in [0.2, 0.25) is 0 Å². The van der Waals surface area contributed by atoms with Gasteiger partial charge in [0.2, 0.25) is 5.91 Å². The Morgan fingerprint density at radius 3 is 2.16 bits per heavy atom. The molecular formula is C16H18N2O. The van der Waals surface area contributed by atoms with Crippen molar-refractivity contribution in [2.75, 3.05) is 6.54 Å². The first-order chi connectivity index (χ1) is 9.27. The van der Waals surface area contributed by atoms with E-state index >= 15 is 0 Å². The Morgan fingerprint density at radius 2 is 1.58 bits per heavy atom. The van der Waals surface area contributed by atoms with Gasteiger partial charge in [0.05, 0.1) is 0 Å². The number of rotatable bonds is 6. The number of nitrogens with two attached hydrogens (primary N) is 1. The zero-order valence-corrected chi connectivity index (χ0v) is 10.8. The van der Waals surface area contributed by atoms with Gasteiger partial charge < -0.3 is 11.1 Å². The molecule has 1 amide bonds. The van der Waals surface area contributed by atoms with Gasteiger partial charge >= 0.3 is 0 Å². The number of hydrogen-bond acceptors (Lipinski definition) is 2. The molecule has 0 aliphatic rings. The van der Waals surface area contributed by atoms with Crippen molar-refractivity contribution in [1.29, 1.82) is 0 Å². The predicted molar refractivity (Wildman–Crippen MR) is 76.5 cm³/mol. The highest BCUT2D eigenvalue weighted by Crippen LogP contribution is 2.11. The number of primary amides is 1. The molecule has 0 heterocycles. The van der Waals surface area contributed by atoms with Gasteiger partial charge in [-0.05, 0) is 17.5 Å². The average molecular weight is 254 g/mol. The topological polar surface area (TPSA) is 55.1 Å². The lowest BCUT2D eigenvalue weighted by molar-refractivity contribution is -0.120. The average Bonchev–Trinajstić information content (AvgIpc) is 2.45. The van der Waals surface area contributed by atoms with Crippen molar-refractivity contribution in [3.8, 4) is 0 Å². The van der Waals surface area contributed by atoms with E-state index in [2.05, 4.69) is 17.4 Å². The molecule has 2 aromatic rings.